The summed E-state index contributed by atoms with van der Waals surface area (Å²) in [5.74, 6) is 0.518. The van der Waals surface area contributed by atoms with Crippen LogP contribution in [0.25, 0.3) is 5.69 Å². The predicted octanol–water partition coefficient (Wildman–Crippen LogP) is 3.30. The highest BCUT2D eigenvalue weighted by Crippen LogP contribution is 2.23. The van der Waals surface area contributed by atoms with E-state index < -0.39 is 0 Å². The molecule has 0 fully saturated rings. The molecule has 0 saturated carbocycles. The summed E-state index contributed by atoms with van der Waals surface area (Å²) in [6, 6.07) is 8.45. The summed E-state index contributed by atoms with van der Waals surface area (Å²) in [5, 5.41) is 4.28. The van der Waals surface area contributed by atoms with Gasteiger partial charge in [-0.25, -0.2) is 4.68 Å². The van der Waals surface area contributed by atoms with Crippen LogP contribution in [-0.4, -0.2) is 9.78 Å². The lowest BCUT2D eigenvalue weighted by Crippen LogP contribution is -2.01. The van der Waals surface area contributed by atoms with E-state index in [0.29, 0.717) is 5.92 Å². The summed E-state index contributed by atoms with van der Waals surface area (Å²) in [6.45, 7) is 6.54. The van der Waals surface area contributed by atoms with Gasteiger partial charge in [0.2, 0.25) is 0 Å². The first-order valence-corrected chi connectivity index (χ1v) is 5.29. The second kappa shape index (κ2) is 3.89. The van der Waals surface area contributed by atoms with Gasteiger partial charge in [-0.15, -0.1) is 0 Å². The van der Waals surface area contributed by atoms with Crippen LogP contribution in [0.1, 0.15) is 30.9 Å². The maximum Gasteiger partial charge on any atom is 0.0680 e. The molecule has 0 radical (unpaired) electrons. The topological polar surface area (TPSA) is 17.8 Å². The van der Waals surface area contributed by atoms with Crippen LogP contribution in [0.2, 0.25) is 0 Å². The average Bonchev–Trinajstić information content (AvgIpc) is 2.70. The molecular formula is C13H16N2. The zero-order chi connectivity index (χ0) is 10.8. The molecule has 2 heteroatoms. The van der Waals surface area contributed by atoms with Gasteiger partial charge in [-0.1, -0.05) is 31.5 Å². The fourth-order valence-electron chi connectivity index (χ4n) is 1.76. The van der Waals surface area contributed by atoms with Crippen molar-refractivity contribution in [2.45, 2.75) is 26.7 Å². The van der Waals surface area contributed by atoms with E-state index in [1.54, 1.807) is 0 Å². The summed E-state index contributed by atoms with van der Waals surface area (Å²) in [4.78, 5) is 0. The largest absolute Gasteiger partial charge is 0.241 e. The van der Waals surface area contributed by atoms with Gasteiger partial charge in [0.1, 0.15) is 0 Å². The van der Waals surface area contributed by atoms with Crippen molar-refractivity contribution in [3.63, 3.8) is 0 Å². The number of benzene rings is 1. The van der Waals surface area contributed by atoms with Gasteiger partial charge in [-0.05, 0) is 30.5 Å². The zero-order valence-electron chi connectivity index (χ0n) is 9.44. The van der Waals surface area contributed by atoms with Crippen LogP contribution in [0.15, 0.2) is 36.7 Å². The van der Waals surface area contributed by atoms with Crippen molar-refractivity contribution in [2.75, 3.05) is 0 Å². The molecule has 0 atom stereocenters. The SMILES string of the molecule is Cc1ccc(-n2cccn2)c(C(C)C)c1. The van der Waals surface area contributed by atoms with E-state index in [4.69, 9.17) is 0 Å². The molecule has 1 heterocycles. The van der Waals surface area contributed by atoms with E-state index in [0.717, 1.165) is 0 Å². The standard InChI is InChI=1S/C13H16N2/c1-10(2)12-9-11(3)5-6-13(12)15-8-4-7-14-15/h4-10H,1-3H3. The van der Waals surface area contributed by atoms with Crippen LogP contribution in [0.5, 0.6) is 0 Å². The van der Waals surface area contributed by atoms with Crippen LogP contribution >= 0.6 is 0 Å². The zero-order valence-corrected chi connectivity index (χ0v) is 9.44. The molecule has 2 rings (SSSR count). The van der Waals surface area contributed by atoms with Gasteiger partial charge in [-0.2, -0.15) is 5.10 Å². The Morgan fingerprint density at radius 1 is 1.27 bits per heavy atom. The number of aromatic nitrogens is 2. The molecule has 0 aliphatic carbocycles. The number of nitrogens with zero attached hydrogens (tertiary/aromatic N) is 2. The van der Waals surface area contributed by atoms with Crippen molar-refractivity contribution in [1.29, 1.82) is 0 Å². The average molecular weight is 200 g/mol. The highest BCUT2D eigenvalue weighted by molar-refractivity contribution is 5.44. The third-order valence-corrected chi connectivity index (χ3v) is 2.56. The molecule has 2 nitrogen and oxygen atoms in total. The maximum atomic E-state index is 4.28. The van der Waals surface area contributed by atoms with Crippen molar-refractivity contribution >= 4 is 0 Å². The number of hydrogen-bond donors (Lipinski definition) is 0. The second-order valence-corrected chi connectivity index (χ2v) is 4.17. The van der Waals surface area contributed by atoms with Crippen LogP contribution in [0.3, 0.4) is 0 Å². The minimum absolute atomic E-state index is 0.518. The van der Waals surface area contributed by atoms with Gasteiger partial charge >= 0.3 is 0 Å². The summed E-state index contributed by atoms with van der Waals surface area (Å²) < 4.78 is 1.93. The lowest BCUT2D eigenvalue weighted by atomic mass is 9.99. The lowest BCUT2D eigenvalue weighted by molar-refractivity contribution is 0.807. The van der Waals surface area contributed by atoms with Crippen LogP contribution < -0.4 is 0 Å². The van der Waals surface area contributed by atoms with E-state index in [-0.39, 0.29) is 0 Å². The first kappa shape index (κ1) is 9.97. The lowest BCUT2D eigenvalue weighted by Gasteiger charge is -2.13. The molecule has 0 spiro atoms. The van der Waals surface area contributed by atoms with Crippen molar-refractivity contribution in [3.8, 4) is 5.69 Å². The molecular weight excluding hydrogens is 184 g/mol. The molecule has 0 amide bonds. The third-order valence-electron chi connectivity index (χ3n) is 2.56. The Morgan fingerprint density at radius 3 is 2.67 bits per heavy atom. The Balaban J connectivity index is 2.56. The normalized spacial score (nSPS) is 10.9. The molecule has 78 valence electrons. The number of aryl methyl sites for hydroxylation is 1. The Kier molecular flexibility index (Phi) is 2.58. The Hall–Kier alpha value is -1.57. The molecule has 1 aromatic carbocycles. The monoisotopic (exact) mass is 200 g/mol. The van der Waals surface area contributed by atoms with Crippen LogP contribution in [0, 0.1) is 6.92 Å². The summed E-state index contributed by atoms with van der Waals surface area (Å²) in [7, 11) is 0. The van der Waals surface area contributed by atoms with Crippen molar-refractivity contribution in [2.24, 2.45) is 0 Å². The quantitative estimate of drug-likeness (QED) is 0.727. The molecule has 0 bridgehead atoms. The molecule has 0 saturated heterocycles. The molecule has 0 aliphatic rings. The highest BCUT2D eigenvalue weighted by Gasteiger charge is 2.08. The summed E-state index contributed by atoms with van der Waals surface area (Å²) in [6.07, 6.45) is 3.79. The second-order valence-electron chi connectivity index (χ2n) is 4.17. The Labute approximate surface area is 90.6 Å². The number of rotatable bonds is 2. The minimum atomic E-state index is 0.518. The van der Waals surface area contributed by atoms with E-state index >= 15 is 0 Å². The molecule has 0 aliphatic heterocycles. The first-order valence-electron chi connectivity index (χ1n) is 5.29. The molecule has 1 aromatic heterocycles. The maximum absolute atomic E-state index is 4.28. The summed E-state index contributed by atoms with van der Waals surface area (Å²) >= 11 is 0. The number of hydrogen-bond acceptors (Lipinski definition) is 1. The molecule has 0 N–H and O–H groups in total. The van der Waals surface area contributed by atoms with Gasteiger partial charge in [0, 0.05) is 12.4 Å². The molecule has 15 heavy (non-hydrogen) atoms. The fraction of sp³-hybridized carbons (Fsp3) is 0.308. The van der Waals surface area contributed by atoms with Crippen LogP contribution in [-0.2, 0) is 0 Å². The van der Waals surface area contributed by atoms with Gasteiger partial charge in [0.25, 0.3) is 0 Å². The highest BCUT2D eigenvalue weighted by atomic mass is 15.3. The Morgan fingerprint density at radius 2 is 2.07 bits per heavy atom. The van der Waals surface area contributed by atoms with E-state index in [1.165, 1.54) is 16.8 Å². The fourth-order valence-corrected chi connectivity index (χ4v) is 1.76. The molecule has 0 unspecified atom stereocenters. The first-order chi connectivity index (χ1) is 7.18. The van der Waals surface area contributed by atoms with Gasteiger partial charge < -0.3 is 0 Å². The van der Waals surface area contributed by atoms with Crippen molar-refractivity contribution < 1.29 is 0 Å². The van der Waals surface area contributed by atoms with Crippen molar-refractivity contribution in [3.05, 3.63) is 47.8 Å². The van der Waals surface area contributed by atoms with Gasteiger partial charge in [0.05, 0.1) is 5.69 Å². The van der Waals surface area contributed by atoms with Crippen LogP contribution in [0.4, 0.5) is 0 Å². The van der Waals surface area contributed by atoms with E-state index in [2.05, 4.69) is 44.1 Å². The van der Waals surface area contributed by atoms with Crippen molar-refractivity contribution in [1.82, 2.24) is 9.78 Å². The third kappa shape index (κ3) is 1.94. The summed E-state index contributed by atoms with van der Waals surface area (Å²) in [5.41, 5.74) is 3.83. The molecule has 2 aromatic rings. The minimum Gasteiger partial charge on any atom is -0.241 e. The van der Waals surface area contributed by atoms with Gasteiger partial charge in [0.15, 0.2) is 0 Å². The van der Waals surface area contributed by atoms with E-state index in [1.807, 2.05) is 23.1 Å². The smallest absolute Gasteiger partial charge is 0.0680 e. The Bertz CT molecular complexity index is 442. The van der Waals surface area contributed by atoms with E-state index in [9.17, 15) is 0 Å². The van der Waals surface area contributed by atoms with Gasteiger partial charge in [-0.3, -0.25) is 0 Å². The predicted molar refractivity (Wildman–Crippen MR) is 62.4 cm³/mol.